The van der Waals surface area contributed by atoms with Gasteiger partial charge >= 0.3 is 0 Å². The summed E-state index contributed by atoms with van der Waals surface area (Å²) in [6.45, 7) is 5.06. The number of pyridine rings is 1. The molecule has 4 heteroatoms. The van der Waals surface area contributed by atoms with Crippen LogP contribution in [-0.2, 0) is 0 Å². The van der Waals surface area contributed by atoms with Gasteiger partial charge in [0, 0.05) is 12.2 Å². The molecule has 0 aliphatic rings. The highest BCUT2D eigenvalue weighted by Crippen LogP contribution is 2.32. The van der Waals surface area contributed by atoms with Crippen molar-refractivity contribution in [1.82, 2.24) is 4.98 Å². The van der Waals surface area contributed by atoms with Gasteiger partial charge in [-0.05, 0) is 47.5 Å². The number of halogens is 1. The molecule has 2 N–H and O–H groups in total. The van der Waals surface area contributed by atoms with E-state index in [-0.39, 0.29) is 0 Å². The van der Waals surface area contributed by atoms with Crippen LogP contribution in [0.1, 0.15) is 12.5 Å². The highest BCUT2D eigenvalue weighted by molar-refractivity contribution is 9.10. The molecule has 2 rings (SSSR count). The van der Waals surface area contributed by atoms with Crippen molar-refractivity contribution in [3.05, 3.63) is 46.6 Å². The van der Waals surface area contributed by atoms with Gasteiger partial charge in [0.05, 0.1) is 16.4 Å². The number of nitrogens with two attached hydrogens (primary N) is 1. The van der Waals surface area contributed by atoms with Gasteiger partial charge in [0.15, 0.2) is 0 Å². The Morgan fingerprint density at radius 3 is 2.67 bits per heavy atom. The second kappa shape index (κ2) is 5.40. The Bertz CT molecular complexity index is 554. The molecule has 1 aromatic carbocycles. The van der Waals surface area contributed by atoms with E-state index in [0.29, 0.717) is 5.69 Å². The first-order valence-corrected chi connectivity index (χ1v) is 6.67. The van der Waals surface area contributed by atoms with E-state index in [4.69, 9.17) is 5.73 Å². The normalized spacial score (nSPS) is 10.4. The van der Waals surface area contributed by atoms with Crippen molar-refractivity contribution in [2.45, 2.75) is 13.8 Å². The minimum Gasteiger partial charge on any atom is -0.397 e. The van der Waals surface area contributed by atoms with Crippen LogP contribution in [0.15, 0.2) is 41.0 Å². The maximum absolute atomic E-state index is 5.73. The van der Waals surface area contributed by atoms with E-state index in [1.807, 2.05) is 18.2 Å². The topological polar surface area (TPSA) is 42.2 Å². The second-order valence-corrected chi connectivity index (χ2v) is 4.96. The van der Waals surface area contributed by atoms with Gasteiger partial charge < -0.3 is 10.6 Å². The van der Waals surface area contributed by atoms with E-state index in [9.17, 15) is 0 Å². The number of nitrogens with zero attached hydrogens (tertiary/aromatic N) is 2. The Morgan fingerprint density at radius 1 is 1.33 bits per heavy atom. The summed E-state index contributed by atoms with van der Waals surface area (Å²) in [5, 5.41) is 0. The van der Waals surface area contributed by atoms with Gasteiger partial charge in [0.2, 0.25) is 0 Å². The Kier molecular flexibility index (Phi) is 3.87. The summed E-state index contributed by atoms with van der Waals surface area (Å²) in [5.41, 5.74) is 8.78. The van der Waals surface area contributed by atoms with Crippen LogP contribution in [0, 0.1) is 6.92 Å². The molecule has 0 radical (unpaired) electrons. The summed E-state index contributed by atoms with van der Waals surface area (Å²) in [5.74, 6) is 0.890. The molecule has 0 bridgehead atoms. The quantitative estimate of drug-likeness (QED) is 0.935. The molecular formula is C14H16BrN3. The molecule has 0 unspecified atom stereocenters. The minimum atomic E-state index is 0.659. The number of nitrogen functional groups attached to an aromatic ring is 1. The highest BCUT2D eigenvalue weighted by atomic mass is 79.9. The van der Waals surface area contributed by atoms with Crippen LogP contribution in [0.2, 0.25) is 0 Å². The summed E-state index contributed by atoms with van der Waals surface area (Å²) >= 11 is 3.53. The zero-order valence-electron chi connectivity index (χ0n) is 10.5. The largest absolute Gasteiger partial charge is 0.397 e. The number of rotatable bonds is 3. The van der Waals surface area contributed by atoms with Crippen LogP contribution < -0.4 is 10.6 Å². The summed E-state index contributed by atoms with van der Waals surface area (Å²) in [6, 6.07) is 10.2. The zero-order chi connectivity index (χ0) is 13.1. The average Bonchev–Trinajstić information content (AvgIpc) is 2.34. The molecule has 94 valence electrons. The van der Waals surface area contributed by atoms with E-state index < -0.39 is 0 Å². The van der Waals surface area contributed by atoms with Crippen LogP contribution >= 0.6 is 15.9 Å². The summed E-state index contributed by atoms with van der Waals surface area (Å²) < 4.78 is 0.910. The third-order valence-corrected chi connectivity index (χ3v) is 3.40. The fraction of sp³-hybridized carbons (Fsp3) is 0.214. The Labute approximate surface area is 116 Å². The molecule has 0 saturated heterocycles. The molecule has 0 amide bonds. The van der Waals surface area contributed by atoms with Crippen LogP contribution in [0.3, 0.4) is 0 Å². The van der Waals surface area contributed by atoms with Gasteiger partial charge in [-0.15, -0.1) is 0 Å². The monoisotopic (exact) mass is 305 g/mol. The number of hydrogen-bond acceptors (Lipinski definition) is 3. The van der Waals surface area contributed by atoms with Crippen molar-refractivity contribution in [2.75, 3.05) is 17.2 Å². The fourth-order valence-electron chi connectivity index (χ4n) is 1.94. The minimum absolute atomic E-state index is 0.659. The van der Waals surface area contributed by atoms with Crippen molar-refractivity contribution in [3.8, 4) is 0 Å². The molecule has 0 aliphatic heterocycles. The lowest BCUT2D eigenvalue weighted by atomic mass is 10.2. The van der Waals surface area contributed by atoms with E-state index >= 15 is 0 Å². The molecule has 0 aliphatic carbocycles. The van der Waals surface area contributed by atoms with Gasteiger partial charge in [0.25, 0.3) is 0 Å². The Balaban J connectivity index is 2.49. The molecule has 3 nitrogen and oxygen atoms in total. The molecule has 18 heavy (non-hydrogen) atoms. The maximum Gasteiger partial charge on any atom is 0.147 e. The number of aromatic nitrogens is 1. The van der Waals surface area contributed by atoms with Crippen molar-refractivity contribution in [2.24, 2.45) is 0 Å². The Morgan fingerprint density at radius 2 is 2.06 bits per heavy atom. The molecule has 0 spiro atoms. The van der Waals surface area contributed by atoms with Gasteiger partial charge in [0.1, 0.15) is 5.82 Å². The molecule has 1 heterocycles. The predicted octanol–water partition coefficient (Wildman–Crippen LogP) is 3.89. The third-order valence-electron chi connectivity index (χ3n) is 2.82. The van der Waals surface area contributed by atoms with Gasteiger partial charge in [-0.3, -0.25) is 0 Å². The molecule has 0 fully saturated rings. The van der Waals surface area contributed by atoms with Crippen LogP contribution in [-0.4, -0.2) is 11.5 Å². The number of anilines is 3. The molecule has 0 saturated carbocycles. The first kappa shape index (κ1) is 12.9. The van der Waals surface area contributed by atoms with Crippen molar-refractivity contribution in [1.29, 1.82) is 0 Å². The number of aryl methyl sites for hydroxylation is 1. The second-order valence-electron chi connectivity index (χ2n) is 4.10. The molecule has 2 aromatic rings. The van der Waals surface area contributed by atoms with Crippen molar-refractivity contribution in [3.63, 3.8) is 0 Å². The smallest absolute Gasteiger partial charge is 0.147 e. The maximum atomic E-state index is 5.73. The SMILES string of the molecule is CCN(c1ccccc1C)c1ncc(N)cc1Br. The van der Waals surface area contributed by atoms with E-state index in [1.165, 1.54) is 5.56 Å². The van der Waals surface area contributed by atoms with Gasteiger partial charge in [-0.2, -0.15) is 0 Å². The highest BCUT2D eigenvalue weighted by Gasteiger charge is 2.13. The lowest BCUT2D eigenvalue weighted by molar-refractivity contribution is 0.978. The molecular weight excluding hydrogens is 290 g/mol. The van der Waals surface area contributed by atoms with Crippen LogP contribution in [0.5, 0.6) is 0 Å². The number of hydrogen-bond donors (Lipinski definition) is 1. The lowest BCUT2D eigenvalue weighted by Gasteiger charge is -2.25. The van der Waals surface area contributed by atoms with Gasteiger partial charge in [-0.25, -0.2) is 4.98 Å². The standard InChI is InChI=1S/C14H16BrN3/c1-3-18(13-7-5-4-6-10(13)2)14-12(15)8-11(16)9-17-14/h4-9H,3,16H2,1-2H3. The van der Waals surface area contributed by atoms with E-state index in [2.05, 4.69) is 51.8 Å². The first-order valence-electron chi connectivity index (χ1n) is 5.87. The summed E-state index contributed by atoms with van der Waals surface area (Å²) in [4.78, 5) is 6.59. The fourth-order valence-corrected chi connectivity index (χ4v) is 2.53. The number of benzene rings is 1. The van der Waals surface area contributed by atoms with Gasteiger partial charge in [-0.1, -0.05) is 18.2 Å². The molecule has 0 atom stereocenters. The van der Waals surface area contributed by atoms with Crippen molar-refractivity contribution >= 4 is 33.1 Å². The lowest BCUT2D eigenvalue weighted by Crippen LogP contribution is -2.19. The predicted molar refractivity (Wildman–Crippen MR) is 80.2 cm³/mol. The van der Waals surface area contributed by atoms with E-state index in [1.54, 1.807) is 6.20 Å². The first-order chi connectivity index (χ1) is 8.63. The molecule has 1 aromatic heterocycles. The summed E-state index contributed by atoms with van der Waals surface area (Å²) in [7, 11) is 0. The zero-order valence-corrected chi connectivity index (χ0v) is 12.1. The Hall–Kier alpha value is -1.55. The summed E-state index contributed by atoms with van der Waals surface area (Å²) in [6.07, 6.45) is 1.68. The van der Waals surface area contributed by atoms with E-state index in [0.717, 1.165) is 22.5 Å². The number of para-hydroxylation sites is 1. The van der Waals surface area contributed by atoms with Crippen molar-refractivity contribution < 1.29 is 0 Å². The third kappa shape index (κ3) is 2.48. The van der Waals surface area contributed by atoms with Crippen LogP contribution in [0.25, 0.3) is 0 Å². The average molecular weight is 306 g/mol. The van der Waals surface area contributed by atoms with Crippen LogP contribution in [0.4, 0.5) is 17.2 Å².